The average molecular weight is 377 g/mol. The van der Waals surface area contributed by atoms with Crippen LogP contribution < -0.4 is 10.0 Å². The van der Waals surface area contributed by atoms with Crippen LogP contribution in [0.15, 0.2) is 29.2 Å². The third-order valence-corrected chi connectivity index (χ3v) is 5.45. The van der Waals surface area contributed by atoms with Crippen LogP contribution in [0.2, 0.25) is 5.02 Å². The lowest BCUT2D eigenvalue weighted by molar-refractivity contribution is -0.147. The van der Waals surface area contributed by atoms with E-state index in [4.69, 9.17) is 16.3 Å². The molecular formula is C14H17ClN2O6S. The lowest BCUT2D eigenvalue weighted by atomic mass is 9.98. The number of carbonyl (C=O) groups is 2. The fourth-order valence-corrected chi connectivity index (χ4v) is 3.53. The van der Waals surface area contributed by atoms with Gasteiger partial charge in [0.25, 0.3) is 0 Å². The van der Waals surface area contributed by atoms with Gasteiger partial charge in [0.2, 0.25) is 15.9 Å². The highest BCUT2D eigenvalue weighted by Crippen LogP contribution is 2.19. The van der Waals surface area contributed by atoms with Crippen molar-refractivity contribution in [1.82, 2.24) is 10.0 Å². The predicted molar refractivity (Wildman–Crippen MR) is 85.2 cm³/mol. The number of sulfonamides is 1. The molecule has 2 atom stereocenters. The van der Waals surface area contributed by atoms with Gasteiger partial charge in [-0.15, -0.1) is 0 Å². The number of benzene rings is 1. The van der Waals surface area contributed by atoms with E-state index in [1.165, 1.54) is 31.2 Å². The second-order valence-electron chi connectivity index (χ2n) is 5.48. The third kappa shape index (κ3) is 4.04. The van der Waals surface area contributed by atoms with Crippen LogP contribution in [-0.4, -0.2) is 50.2 Å². The standard InChI is InChI=1S/C14H17ClN2O6S/c1-9(12(18)16-14(13(19)20)6-7-23-8-14)17-24(21,22)11-4-2-10(15)3-5-11/h2-5,9,17H,6-8H2,1H3,(H,16,18)(H,19,20). The second kappa shape index (κ2) is 7.06. The van der Waals surface area contributed by atoms with Crippen molar-refractivity contribution in [1.29, 1.82) is 0 Å². The van der Waals surface area contributed by atoms with E-state index in [1.54, 1.807) is 0 Å². The number of ether oxygens (including phenoxy) is 1. The summed E-state index contributed by atoms with van der Waals surface area (Å²) in [7, 11) is -3.94. The maximum absolute atomic E-state index is 12.2. The van der Waals surface area contributed by atoms with E-state index < -0.39 is 33.5 Å². The van der Waals surface area contributed by atoms with Gasteiger partial charge in [-0.05, 0) is 31.2 Å². The summed E-state index contributed by atoms with van der Waals surface area (Å²) >= 11 is 5.71. The Labute approximate surface area is 144 Å². The van der Waals surface area contributed by atoms with Crippen LogP contribution in [0.4, 0.5) is 0 Å². The Kier molecular flexibility index (Phi) is 5.49. The van der Waals surface area contributed by atoms with E-state index in [1.807, 2.05) is 0 Å². The second-order valence-corrected chi connectivity index (χ2v) is 7.63. The van der Waals surface area contributed by atoms with Crippen molar-refractivity contribution >= 4 is 33.5 Å². The molecule has 1 aromatic carbocycles. The molecule has 0 aliphatic carbocycles. The minimum Gasteiger partial charge on any atom is -0.479 e. The fourth-order valence-electron chi connectivity index (χ4n) is 2.20. The number of amides is 1. The zero-order valence-electron chi connectivity index (χ0n) is 12.8. The van der Waals surface area contributed by atoms with Crippen LogP contribution in [0.5, 0.6) is 0 Å². The summed E-state index contributed by atoms with van der Waals surface area (Å²) in [6.45, 7) is 1.37. The Balaban J connectivity index is 2.08. The van der Waals surface area contributed by atoms with Crippen molar-refractivity contribution in [2.75, 3.05) is 13.2 Å². The molecule has 1 amide bonds. The number of carboxylic acids is 1. The summed E-state index contributed by atoms with van der Waals surface area (Å²) in [4.78, 5) is 23.5. The van der Waals surface area contributed by atoms with Crippen LogP contribution in [0.3, 0.4) is 0 Å². The van der Waals surface area contributed by atoms with Gasteiger partial charge in [-0.25, -0.2) is 13.2 Å². The minimum absolute atomic E-state index is 0.0521. The summed E-state index contributed by atoms with van der Waals surface area (Å²) < 4.78 is 31.7. The summed E-state index contributed by atoms with van der Waals surface area (Å²) in [5.74, 6) is -1.97. The smallest absolute Gasteiger partial charge is 0.331 e. The lowest BCUT2D eigenvalue weighted by Crippen LogP contribution is -2.59. The minimum atomic E-state index is -3.94. The van der Waals surface area contributed by atoms with Crippen LogP contribution in [0, 0.1) is 0 Å². The van der Waals surface area contributed by atoms with E-state index in [0.29, 0.717) is 5.02 Å². The van der Waals surface area contributed by atoms with Crippen molar-refractivity contribution in [3.63, 3.8) is 0 Å². The first kappa shape index (κ1) is 18.7. The van der Waals surface area contributed by atoms with Gasteiger partial charge in [-0.2, -0.15) is 4.72 Å². The molecule has 0 spiro atoms. The monoisotopic (exact) mass is 376 g/mol. The van der Waals surface area contributed by atoms with Crippen molar-refractivity contribution in [3.8, 4) is 0 Å². The van der Waals surface area contributed by atoms with E-state index in [9.17, 15) is 23.1 Å². The van der Waals surface area contributed by atoms with Crippen LogP contribution in [-0.2, 0) is 24.3 Å². The predicted octanol–water partition coefficient (Wildman–Crippen LogP) is 0.367. The van der Waals surface area contributed by atoms with Gasteiger partial charge in [0.1, 0.15) is 0 Å². The molecule has 0 bridgehead atoms. The lowest BCUT2D eigenvalue weighted by Gasteiger charge is -2.25. The first-order valence-electron chi connectivity index (χ1n) is 7.07. The van der Waals surface area contributed by atoms with E-state index in [2.05, 4.69) is 10.0 Å². The molecule has 1 heterocycles. The van der Waals surface area contributed by atoms with E-state index in [-0.39, 0.29) is 24.5 Å². The Hall–Kier alpha value is -1.68. The maximum Gasteiger partial charge on any atom is 0.331 e. The Morgan fingerprint density at radius 3 is 2.46 bits per heavy atom. The summed E-state index contributed by atoms with van der Waals surface area (Å²) in [6.07, 6.45) is 0.116. The molecular weight excluding hydrogens is 360 g/mol. The molecule has 24 heavy (non-hydrogen) atoms. The molecule has 1 aromatic rings. The van der Waals surface area contributed by atoms with Crippen molar-refractivity contribution in [2.24, 2.45) is 0 Å². The van der Waals surface area contributed by atoms with Crippen LogP contribution >= 0.6 is 11.6 Å². The normalized spacial score (nSPS) is 22.1. The largest absolute Gasteiger partial charge is 0.479 e. The number of hydrogen-bond donors (Lipinski definition) is 3. The topological polar surface area (TPSA) is 122 Å². The quantitative estimate of drug-likeness (QED) is 0.659. The SMILES string of the molecule is CC(NS(=O)(=O)c1ccc(Cl)cc1)C(=O)NC1(C(=O)O)CCOC1. The van der Waals surface area contributed by atoms with Gasteiger partial charge in [-0.1, -0.05) is 11.6 Å². The number of aliphatic carboxylic acids is 1. The first-order chi connectivity index (χ1) is 11.2. The average Bonchev–Trinajstić information content (AvgIpc) is 2.97. The van der Waals surface area contributed by atoms with E-state index in [0.717, 1.165) is 0 Å². The molecule has 0 aromatic heterocycles. The molecule has 2 rings (SSSR count). The highest BCUT2D eigenvalue weighted by molar-refractivity contribution is 7.89. The molecule has 1 saturated heterocycles. The van der Waals surface area contributed by atoms with Crippen molar-refractivity contribution in [3.05, 3.63) is 29.3 Å². The highest BCUT2D eigenvalue weighted by Gasteiger charge is 2.44. The number of hydrogen-bond acceptors (Lipinski definition) is 5. The molecule has 0 saturated carbocycles. The maximum atomic E-state index is 12.2. The number of carbonyl (C=O) groups excluding carboxylic acids is 1. The van der Waals surface area contributed by atoms with Crippen LogP contribution in [0.1, 0.15) is 13.3 Å². The molecule has 1 aliphatic heterocycles. The van der Waals surface area contributed by atoms with Crippen LogP contribution in [0.25, 0.3) is 0 Å². The summed E-state index contributed by atoms with van der Waals surface area (Å²) in [6, 6.07) is 4.27. The molecule has 10 heteroatoms. The van der Waals surface area contributed by atoms with Crippen molar-refractivity contribution < 1.29 is 27.9 Å². The number of nitrogens with one attached hydrogen (secondary N) is 2. The zero-order valence-corrected chi connectivity index (χ0v) is 14.4. The molecule has 8 nitrogen and oxygen atoms in total. The molecule has 3 N–H and O–H groups in total. The van der Waals surface area contributed by atoms with E-state index >= 15 is 0 Å². The van der Waals surface area contributed by atoms with Gasteiger partial charge >= 0.3 is 5.97 Å². The highest BCUT2D eigenvalue weighted by atomic mass is 35.5. The number of carboxylic acid groups (broad SMARTS) is 1. The van der Waals surface area contributed by atoms with Gasteiger partial charge in [0.15, 0.2) is 5.54 Å². The molecule has 1 aliphatic rings. The Bertz CT molecular complexity index is 728. The third-order valence-electron chi connectivity index (χ3n) is 3.64. The fraction of sp³-hybridized carbons (Fsp3) is 0.429. The van der Waals surface area contributed by atoms with Gasteiger partial charge in [0.05, 0.1) is 17.5 Å². The molecule has 132 valence electrons. The number of rotatable bonds is 6. The summed E-state index contributed by atoms with van der Waals surface area (Å²) in [5, 5.41) is 12.0. The van der Waals surface area contributed by atoms with Gasteiger partial charge < -0.3 is 15.2 Å². The Morgan fingerprint density at radius 2 is 1.96 bits per heavy atom. The van der Waals surface area contributed by atoms with Gasteiger partial charge in [-0.3, -0.25) is 4.79 Å². The molecule has 2 unspecified atom stereocenters. The molecule has 1 fully saturated rings. The summed E-state index contributed by atoms with van der Waals surface area (Å²) in [5.41, 5.74) is -1.53. The number of halogens is 1. The molecule has 0 radical (unpaired) electrons. The zero-order chi connectivity index (χ0) is 18.0. The van der Waals surface area contributed by atoms with Gasteiger partial charge in [0, 0.05) is 18.1 Å². The van der Waals surface area contributed by atoms with Crippen molar-refractivity contribution in [2.45, 2.75) is 29.8 Å². The Morgan fingerprint density at radius 1 is 1.33 bits per heavy atom. The first-order valence-corrected chi connectivity index (χ1v) is 8.93.